The molecule has 0 aromatic heterocycles. The second kappa shape index (κ2) is 6.83. The first-order valence-electron chi connectivity index (χ1n) is 7.99. The number of hydrogen-bond donors (Lipinski definition) is 1. The molecule has 0 unspecified atom stereocenters. The number of carbonyl (C=O) groups is 2. The van der Waals surface area contributed by atoms with E-state index in [4.69, 9.17) is 0 Å². The predicted molar refractivity (Wildman–Crippen MR) is 92.0 cm³/mol. The van der Waals surface area contributed by atoms with Crippen molar-refractivity contribution >= 4 is 23.1 Å². The Morgan fingerprint density at radius 2 is 1.96 bits per heavy atom. The number of para-hydroxylation sites is 1. The Kier molecular flexibility index (Phi) is 4.60. The van der Waals surface area contributed by atoms with Gasteiger partial charge >= 0.3 is 0 Å². The summed E-state index contributed by atoms with van der Waals surface area (Å²) in [6.45, 7) is 1.99. The van der Waals surface area contributed by atoms with Gasteiger partial charge in [-0.25, -0.2) is 4.39 Å². The molecule has 0 spiro atoms. The van der Waals surface area contributed by atoms with E-state index in [1.807, 2.05) is 24.3 Å². The molecule has 1 amide bonds. The number of nitrogens with zero attached hydrogens (tertiary/aromatic N) is 1. The Hall–Kier alpha value is -2.69. The molecule has 3 rings (SSSR count). The molecular formula is C19H19FN2O2. The smallest absolute Gasteiger partial charge is 0.246 e. The number of halogens is 1. The lowest BCUT2D eigenvalue weighted by Gasteiger charge is -2.29. The van der Waals surface area contributed by atoms with Crippen LogP contribution < -0.4 is 10.2 Å². The number of Topliss-reactive ketones (excluding diaryl/α,β-unsaturated/α-hetero) is 1. The molecule has 1 aliphatic rings. The van der Waals surface area contributed by atoms with Crippen molar-refractivity contribution in [2.24, 2.45) is 0 Å². The topological polar surface area (TPSA) is 49.4 Å². The summed E-state index contributed by atoms with van der Waals surface area (Å²) in [7, 11) is 0. The Morgan fingerprint density at radius 1 is 1.17 bits per heavy atom. The number of rotatable bonds is 4. The number of ketones is 1. The van der Waals surface area contributed by atoms with Gasteiger partial charge in [0.25, 0.3) is 0 Å². The average molecular weight is 326 g/mol. The van der Waals surface area contributed by atoms with Crippen LogP contribution in [0.5, 0.6) is 0 Å². The number of anilines is 2. The van der Waals surface area contributed by atoms with Crippen LogP contribution in [0.25, 0.3) is 0 Å². The highest BCUT2D eigenvalue weighted by Crippen LogP contribution is 2.27. The molecular weight excluding hydrogens is 307 g/mol. The Morgan fingerprint density at radius 3 is 2.75 bits per heavy atom. The summed E-state index contributed by atoms with van der Waals surface area (Å²) in [6.07, 6.45) is 1.88. The molecule has 0 fully saturated rings. The van der Waals surface area contributed by atoms with Crippen LogP contribution in [-0.2, 0) is 11.2 Å². The maximum atomic E-state index is 13.8. The van der Waals surface area contributed by atoms with E-state index in [0.29, 0.717) is 12.2 Å². The summed E-state index contributed by atoms with van der Waals surface area (Å²) < 4.78 is 13.8. The normalized spacial score (nSPS) is 13.3. The minimum atomic E-state index is -0.580. The van der Waals surface area contributed by atoms with Crippen molar-refractivity contribution in [1.29, 1.82) is 0 Å². The Labute approximate surface area is 140 Å². The number of aryl methyl sites for hydroxylation is 1. The fourth-order valence-electron chi connectivity index (χ4n) is 3.09. The van der Waals surface area contributed by atoms with Gasteiger partial charge in [-0.05, 0) is 43.5 Å². The summed E-state index contributed by atoms with van der Waals surface area (Å²) in [5, 5.41) is 2.91. The number of hydrogen-bond acceptors (Lipinski definition) is 3. The van der Waals surface area contributed by atoms with Gasteiger partial charge in [0, 0.05) is 17.9 Å². The standard InChI is InChI=1S/C19H19FN2O2/c1-13(23)19-15(20)8-4-9-16(19)21-12-18(24)22-11-5-7-14-6-2-3-10-17(14)22/h2-4,6,8-10,21H,5,7,11-12H2,1H3. The molecule has 0 saturated heterocycles. The molecule has 0 bridgehead atoms. The van der Waals surface area contributed by atoms with Gasteiger partial charge < -0.3 is 10.2 Å². The van der Waals surface area contributed by atoms with Crippen molar-refractivity contribution in [1.82, 2.24) is 0 Å². The number of fused-ring (bicyclic) bond motifs is 1. The van der Waals surface area contributed by atoms with Crippen molar-refractivity contribution in [3.05, 3.63) is 59.4 Å². The molecule has 0 atom stereocenters. The van der Waals surface area contributed by atoms with Crippen LogP contribution in [0.1, 0.15) is 29.3 Å². The van der Waals surface area contributed by atoms with Gasteiger partial charge in [0.1, 0.15) is 5.82 Å². The zero-order valence-corrected chi connectivity index (χ0v) is 13.5. The van der Waals surface area contributed by atoms with Crippen molar-refractivity contribution in [3.8, 4) is 0 Å². The van der Waals surface area contributed by atoms with Gasteiger partial charge in [-0.2, -0.15) is 0 Å². The molecule has 4 nitrogen and oxygen atoms in total. The van der Waals surface area contributed by atoms with E-state index >= 15 is 0 Å². The summed E-state index contributed by atoms with van der Waals surface area (Å²) in [4.78, 5) is 26.0. The van der Waals surface area contributed by atoms with Gasteiger partial charge in [0.05, 0.1) is 12.1 Å². The largest absolute Gasteiger partial charge is 0.375 e. The van der Waals surface area contributed by atoms with E-state index in [-0.39, 0.29) is 23.8 Å². The summed E-state index contributed by atoms with van der Waals surface area (Å²) >= 11 is 0. The van der Waals surface area contributed by atoms with Crippen molar-refractivity contribution in [3.63, 3.8) is 0 Å². The molecule has 5 heteroatoms. The fraction of sp³-hybridized carbons (Fsp3) is 0.263. The van der Waals surface area contributed by atoms with E-state index < -0.39 is 5.82 Å². The van der Waals surface area contributed by atoms with Gasteiger partial charge in [0.2, 0.25) is 5.91 Å². The third-order valence-corrected chi connectivity index (χ3v) is 4.21. The van der Waals surface area contributed by atoms with Gasteiger partial charge in [-0.1, -0.05) is 24.3 Å². The maximum absolute atomic E-state index is 13.8. The quantitative estimate of drug-likeness (QED) is 0.876. The summed E-state index contributed by atoms with van der Waals surface area (Å²) in [6, 6.07) is 12.2. The second-order valence-electron chi connectivity index (χ2n) is 5.85. The zero-order valence-electron chi connectivity index (χ0n) is 13.5. The Bertz CT molecular complexity index is 789. The first-order chi connectivity index (χ1) is 11.6. The Balaban J connectivity index is 1.76. The lowest BCUT2D eigenvalue weighted by atomic mass is 10.0. The average Bonchev–Trinajstić information content (AvgIpc) is 2.58. The lowest BCUT2D eigenvalue weighted by molar-refractivity contribution is -0.117. The predicted octanol–water partition coefficient (Wildman–Crippen LogP) is 3.42. The van der Waals surface area contributed by atoms with Crippen LogP contribution >= 0.6 is 0 Å². The fourth-order valence-corrected chi connectivity index (χ4v) is 3.09. The molecule has 124 valence electrons. The first-order valence-corrected chi connectivity index (χ1v) is 7.99. The van der Waals surface area contributed by atoms with E-state index in [1.165, 1.54) is 19.1 Å². The summed E-state index contributed by atoms with van der Waals surface area (Å²) in [5.74, 6) is -1.05. The number of carbonyl (C=O) groups excluding carboxylic acids is 2. The second-order valence-corrected chi connectivity index (χ2v) is 5.85. The molecule has 0 saturated carbocycles. The number of nitrogens with one attached hydrogen (secondary N) is 1. The van der Waals surface area contributed by atoms with E-state index in [9.17, 15) is 14.0 Å². The van der Waals surface area contributed by atoms with Gasteiger partial charge in [-0.3, -0.25) is 9.59 Å². The van der Waals surface area contributed by atoms with Crippen LogP contribution in [0.4, 0.5) is 15.8 Å². The van der Waals surface area contributed by atoms with E-state index in [1.54, 1.807) is 11.0 Å². The van der Waals surface area contributed by atoms with E-state index in [2.05, 4.69) is 5.32 Å². The molecule has 0 radical (unpaired) electrons. The minimum absolute atomic E-state index is 0.00987. The molecule has 2 aromatic rings. The van der Waals surface area contributed by atoms with Crippen LogP contribution in [0.2, 0.25) is 0 Å². The van der Waals surface area contributed by atoms with Gasteiger partial charge in [0.15, 0.2) is 5.78 Å². The van der Waals surface area contributed by atoms with Crippen LogP contribution in [0, 0.1) is 5.82 Å². The highest BCUT2D eigenvalue weighted by molar-refractivity contribution is 6.01. The monoisotopic (exact) mass is 326 g/mol. The SMILES string of the molecule is CC(=O)c1c(F)cccc1NCC(=O)N1CCCc2ccccc21. The van der Waals surface area contributed by atoms with Crippen LogP contribution in [-0.4, -0.2) is 24.8 Å². The van der Waals surface area contributed by atoms with E-state index in [0.717, 1.165) is 24.1 Å². The first kappa shape index (κ1) is 16.2. The molecule has 1 aliphatic heterocycles. The molecule has 1 N–H and O–H groups in total. The third-order valence-electron chi connectivity index (χ3n) is 4.21. The molecule has 2 aromatic carbocycles. The molecule has 24 heavy (non-hydrogen) atoms. The van der Waals surface area contributed by atoms with Crippen molar-refractivity contribution in [2.75, 3.05) is 23.3 Å². The lowest BCUT2D eigenvalue weighted by Crippen LogP contribution is -2.39. The van der Waals surface area contributed by atoms with Crippen molar-refractivity contribution < 1.29 is 14.0 Å². The minimum Gasteiger partial charge on any atom is -0.375 e. The number of amides is 1. The number of benzene rings is 2. The zero-order chi connectivity index (χ0) is 17.1. The molecule has 0 aliphatic carbocycles. The van der Waals surface area contributed by atoms with Gasteiger partial charge in [-0.15, -0.1) is 0 Å². The third kappa shape index (κ3) is 3.15. The summed E-state index contributed by atoms with van der Waals surface area (Å²) in [5.41, 5.74) is 2.43. The maximum Gasteiger partial charge on any atom is 0.246 e. The molecule has 1 heterocycles. The van der Waals surface area contributed by atoms with Crippen LogP contribution in [0.3, 0.4) is 0 Å². The highest BCUT2D eigenvalue weighted by atomic mass is 19.1. The van der Waals surface area contributed by atoms with Crippen LogP contribution in [0.15, 0.2) is 42.5 Å². The van der Waals surface area contributed by atoms with Crippen molar-refractivity contribution in [2.45, 2.75) is 19.8 Å². The highest BCUT2D eigenvalue weighted by Gasteiger charge is 2.22.